The van der Waals surface area contributed by atoms with Crippen LogP contribution in [0, 0.1) is 5.82 Å². The van der Waals surface area contributed by atoms with Gasteiger partial charge in [0, 0.05) is 17.6 Å². The summed E-state index contributed by atoms with van der Waals surface area (Å²) in [5.41, 5.74) is 3.09. The Hall–Kier alpha value is -1.87. The smallest absolute Gasteiger partial charge is 0.126 e. The molecular formula is C18H20FNO. The fourth-order valence-electron chi connectivity index (χ4n) is 3.20. The standard InChI is InChI=1S/C18H20FNO/c1-12(13-6-3-4-9-18(13)21-2)20-17-11-10-14-15(17)7-5-8-16(14)19/h3-9,12,17,20H,10-11H2,1-2H3. The number of fused-ring (bicyclic) bond motifs is 1. The third kappa shape index (κ3) is 2.66. The Morgan fingerprint density at radius 3 is 2.81 bits per heavy atom. The molecule has 1 N–H and O–H groups in total. The first-order valence-corrected chi connectivity index (χ1v) is 7.37. The van der Waals surface area contributed by atoms with Crippen LogP contribution >= 0.6 is 0 Å². The molecule has 0 saturated heterocycles. The minimum absolute atomic E-state index is 0.0817. The number of halogens is 1. The van der Waals surface area contributed by atoms with E-state index in [-0.39, 0.29) is 17.9 Å². The highest BCUT2D eigenvalue weighted by atomic mass is 19.1. The van der Waals surface area contributed by atoms with Gasteiger partial charge in [0.15, 0.2) is 0 Å². The van der Waals surface area contributed by atoms with Gasteiger partial charge in [0.1, 0.15) is 11.6 Å². The zero-order valence-corrected chi connectivity index (χ0v) is 12.4. The number of nitrogens with one attached hydrogen (secondary N) is 1. The van der Waals surface area contributed by atoms with Crippen molar-refractivity contribution >= 4 is 0 Å². The maximum absolute atomic E-state index is 13.8. The monoisotopic (exact) mass is 285 g/mol. The quantitative estimate of drug-likeness (QED) is 0.910. The largest absolute Gasteiger partial charge is 0.496 e. The summed E-state index contributed by atoms with van der Waals surface area (Å²) < 4.78 is 19.2. The normalized spacial score (nSPS) is 18.3. The van der Waals surface area contributed by atoms with E-state index in [1.807, 2.05) is 24.3 Å². The summed E-state index contributed by atoms with van der Waals surface area (Å²) in [4.78, 5) is 0. The molecule has 21 heavy (non-hydrogen) atoms. The summed E-state index contributed by atoms with van der Waals surface area (Å²) in [5.74, 6) is 0.803. The molecule has 3 rings (SSSR count). The molecule has 1 aliphatic carbocycles. The summed E-state index contributed by atoms with van der Waals surface area (Å²) in [6.07, 6.45) is 1.74. The zero-order valence-electron chi connectivity index (χ0n) is 12.4. The van der Waals surface area contributed by atoms with E-state index in [0.29, 0.717) is 0 Å². The van der Waals surface area contributed by atoms with Crippen LogP contribution in [0.4, 0.5) is 4.39 Å². The van der Waals surface area contributed by atoms with E-state index in [0.717, 1.165) is 35.3 Å². The lowest BCUT2D eigenvalue weighted by Gasteiger charge is -2.22. The van der Waals surface area contributed by atoms with E-state index >= 15 is 0 Å². The van der Waals surface area contributed by atoms with E-state index in [9.17, 15) is 4.39 Å². The van der Waals surface area contributed by atoms with Gasteiger partial charge in [-0.3, -0.25) is 0 Å². The van der Waals surface area contributed by atoms with Crippen LogP contribution in [0.25, 0.3) is 0 Å². The molecule has 0 amide bonds. The Morgan fingerprint density at radius 2 is 2.00 bits per heavy atom. The lowest BCUT2D eigenvalue weighted by atomic mass is 10.0. The molecule has 2 aromatic rings. The van der Waals surface area contributed by atoms with Gasteiger partial charge in [0.2, 0.25) is 0 Å². The van der Waals surface area contributed by atoms with Gasteiger partial charge in [0.25, 0.3) is 0 Å². The molecule has 3 heteroatoms. The van der Waals surface area contributed by atoms with Crippen molar-refractivity contribution in [1.29, 1.82) is 0 Å². The third-order valence-corrected chi connectivity index (χ3v) is 4.27. The first-order chi connectivity index (χ1) is 10.2. The summed E-state index contributed by atoms with van der Waals surface area (Å²) >= 11 is 0. The van der Waals surface area contributed by atoms with Crippen LogP contribution in [-0.2, 0) is 6.42 Å². The average Bonchev–Trinajstić information content (AvgIpc) is 2.92. The fraction of sp³-hybridized carbons (Fsp3) is 0.333. The Balaban J connectivity index is 1.81. The predicted octanol–water partition coefficient (Wildman–Crippen LogP) is 4.17. The summed E-state index contributed by atoms with van der Waals surface area (Å²) in [5, 5.41) is 3.61. The number of ether oxygens (including phenoxy) is 1. The highest BCUT2D eigenvalue weighted by Crippen LogP contribution is 2.35. The van der Waals surface area contributed by atoms with E-state index in [2.05, 4.69) is 18.3 Å². The second kappa shape index (κ2) is 5.86. The Labute approximate surface area is 125 Å². The van der Waals surface area contributed by atoms with Crippen LogP contribution in [0.15, 0.2) is 42.5 Å². The Morgan fingerprint density at radius 1 is 1.19 bits per heavy atom. The van der Waals surface area contributed by atoms with Crippen LogP contribution in [0.1, 0.15) is 42.1 Å². The molecule has 1 aliphatic rings. The average molecular weight is 285 g/mol. The van der Waals surface area contributed by atoms with Crippen LogP contribution in [-0.4, -0.2) is 7.11 Å². The van der Waals surface area contributed by atoms with Gasteiger partial charge >= 0.3 is 0 Å². The molecule has 0 bridgehead atoms. The van der Waals surface area contributed by atoms with Crippen LogP contribution in [0.5, 0.6) is 5.75 Å². The summed E-state index contributed by atoms with van der Waals surface area (Å²) in [6.45, 7) is 2.12. The lowest BCUT2D eigenvalue weighted by Crippen LogP contribution is -2.23. The van der Waals surface area contributed by atoms with E-state index in [1.54, 1.807) is 19.2 Å². The molecule has 0 aliphatic heterocycles. The SMILES string of the molecule is COc1ccccc1C(C)NC1CCc2c(F)cccc21. The second-order valence-electron chi connectivity index (χ2n) is 5.53. The summed E-state index contributed by atoms with van der Waals surface area (Å²) in [6, 6.07) is 13.7. The molecule has 0 aromatic heterocycles. The first kappa shape index (κ1) is 14.1. The van der Waals surface area contributed by atoms with E-state index < -0.39 is 0 Å². The molecule has 0 radical (unpaired) electrons. The van der Waals surface area contributed by atoms with Gasteiger partial charge < -0.3 is 10.1 Å². The van der Waals surface area contributed by atoms with Crippen molar-refractivity contribution in [2.75, 3.05) is 7.11 Å². The van der Waals surface area contributed by atoms with E-state index in [1.165, 1.54) is 0 Å². The van der Waals surface area contributed by atoms with Crippen molar-refractivity contribution in [1.82, 2.24) is 5.32 Å². The van der Waals surface area contributed by atoms with Crippen molar-refractivity contribution in [3.8, 4) is 5.75 Å². The molecule has 2 atom stereocenters. The maximum atomic E-state index is 13.8. The molecule has 0 fully saturated rings. The number of rotatable bonds is 4. The molecular weight excluding hydrogens is 265 g/mol. The highest BCUT2D eigenvalue weighted by molar-refractivity contribution is 5.38. The topological polar surface area (TPSA) is 21.3 Å². The molecule has 0 spiro atoms. The predicted molar refractivity (Wildman–Crippen MR) is 82.0 cm³/mol. The van der Waals surface area contributed by atoms with Crippen molar-refractivity contribution in [3.63, 3.8) is 0 Å². The van der Waals surface area contributed by atoms with Crippen LogP contribution < -0.4 is 10.1 Å². The Bertz CT molecular complexity index is 641. The van der Waals surface area contributed by atoms with Gasteiger partial charge in [-0.2, -0.15) is 0 Å². The number of hydrogen-bond acceptors (Lipinski definition) is 2. The van der Waals surface area contributed by atoms with Gasteiger partial charge in [0.05, 0.1) is 7.11 Å². The highest BCUT2D eigenvalue weighted by Gasteiger charge is 2.26. The molecule has 0 saturated carbocycles. The number of hydrogen-bond donors (Lipinski definition) is 1. The van der Waals surface area contributed by atoms with E-state index in [4.69, 9.17) is 4.74 Å². The fourth-order valence-corrected chi connectivity index (χ4v) is 3.20. The molecule has 2 unspecified atom stereocenters. The number of para-hydroxylation sites is 1. The van der Waals surface area contributed by atoms with Gasteiger partial charge in [-0.1, -0.05) is 30.3 Å². The third-order valence-electron chi connectivity index (χ3n) is 4.27. The van der Waals surface area contributed by atoms with Crippen molar-refractivity contribution in [3.05, 3.63) is 65.0 Å². The van der Waals surface area contributed by atoms with Crippen molar-refractivity contribution in [2.45, 2.75) is 31.8 Å². The molecule has 2 nitrogen and oxygen atoms in total. The first-order valence-electron chi connectivity index (χ1n) is 7.37. The van der Waals surface area contributed by atoms with Crippen molar-refractivity contribution < 1.29 is 9.13 Å². The maximum Gasteiger partial charge on any atom is 0.126 e. The summed E-state index contributed by atoms with van der Waals surface area (Å²) in [7, 11) is 1.69. The van der Waals surface area contributed by atoms with Gasteiger partial charge in [-0.15, -0.1) is 0 Å². The molecule has 0 heterocycles. The molecule has 2 aromatic carbocycles. The minimum atomic E-state index is -0.0817. The number of methoxy groups -OCH3 is 1. The Kier molecular flexibility index (Phi) is 3.93. The number of benzene rings is 2. The van der Waals surface area contributed by atoms with Gasteiger partial charge in [-0.05, 0) is 43.0 Å². The molecule has 110 valence electrons. The minimum Gasteiger partial charge on any atom is -0.496 e. The second-order valence-corrected chi connectivity index (χ2v) is 5.53. The zero-order chi connectivity index (χ0) is 14.8. The van der Waals surface area contributed by atoms with Crippen LogP contribution in [0.2, 0.25) is 0 Å². The lowest BCUT2D eigenvalue weighted by molar-refractivity contribution is 0.393. The van der Waals surface area contributed by atoms with Crippen molar-refractivity contribution in [2.24, 2.45) is 0 Å². The van der Waals surface area contributed by atoms with Crippen LogP contribution in [0.3, 0.4) is 0 Å². The van der Waals surface area contributed by atoms with Gasteiger partial charge in [-0.25, -0.2) is 4.39 Å².